The number of benzene rings is 10. The van der Waals surface area contributed by atoms with Gasteiger partial charge in [0.2, 0.25) is 0 Å². The zero-order chi connectivity index (χ0) is 49.1. The molecule has 1 radical (unpaired) electrons. The molecule has 3 nitrogen and oxygen atoms in total. The second-order valence-electron chi connectivity index (χ2n) is 16.9. The summed E-state index contributed by atoms with van der Waals surface area (Å²) in [5.74, 6) is 0. The molecule has 9 heteroatoms. The minimum atomic E-state index is -1.20. The first-order valence-electron chi connectivity index (χ1n) is 23.8. The van der Waals surface area contributed by atoms with Crippen LogP contribution in [-0.2, 0) is 34.1 Å². The van der Waals surface area contributed by atoms with E-state index in [0.29, 0.717) is 0 Å². The van der Waals surface area contributed by atoms with Gasteiger partial charge in [-0.05, 0) is 75.3 Å². The minimum Gasteiger partial charge on any atom is -0.358 e. The molecule has 76 heavy (non-hydrogen) atoms. The summed E-state index contributed by atoms with van der Waals surface area (Å²) in [6, 6.07) is 93.9. The van der Waals surface area contributed by atoms with Gasteiger partial charge >= 0.3 is 34.1 Å². The van der Waals surface area contributed by atoms with Crippen molar-refractivity contribution < 1.29 is 34.1 Å². The molecule has 0 aliphatic rings. The summed E-state index contributed by atoms with van der Waals surface area (Å²) in [7, 11) is -1.93. The molecule has 0 N–H and O–H groups in total. The summed E-state index contributed by atoms with van der Waals surface area (Å²) < 4.78 is 0. The van der Waals surface area contributed by atoms with Crippen molar-refractivity contribution in [3.8, 4) is 0 Å². The van der Waals surface area contributed by atoms with Gasteiger partial charge in [0.1, 0.15) is 18.5 Å². The minimum absolute atomic E-state index is 0. The third-order valence-electron chi connectivity index (χ3n) is 12.5. The molecule has 13 aromatic rings. The number of halogens is 2. The van der Waals surface area contributed by atoms with Crippen LogP contribution in [0.15, 0.2) is 267 Å². The fraction of sp³-hybridized carbons (Fsp3) is 0.0149. The Morgan fingerprint density at radius 2 is 0.632 bits per heavy atom. The third-order valence-corrected chi connectivity index (χ3v) is 17.6. The van der Waals surface area contributed by atoms with Gasteiger partial charge in [0.15, 0.2) is 5.44 Å². The predicted octanol–water partition coefficient (Wildman–Crippen LogP) is 15.9. The normalized spacial score (nSPS) is 10.4. The third kappa shape index (κ3) is 13.0. The quantitative estimate of drug-likeness (QED) is 0.0548. The van der Waals surface area contributed by atoms with Gasteiger partial charge in [-0.1, -0.05) is 223 Å². The van der Waals surface area contributed by atoms with Gasteiger partial charge in [-0.25, -0.2) is 16.9 Å². The van der Waals surface area contributed by atoms with E-state index in [4.69, 9.17) is 33.2 Å². The van der Waals surface area contributed by atoms with Crippen molar-refractivity contribution >= 4 is 136 Å². The number of rotatable bonds is 6. The second-order valence-corrected chi connectivity index (χ2v) is 22.2. The van der Waals surface area contributed by atoms with E-state index in [1.54, 1.807) is 0 Å². The molecule has 0 aliphatic heterocycles. The Morgan fingerprint density at radius 3 is 1.07 bits per heavy atom. The van der Waals surface area contributed by atoms with Crippen molar-refractivity contribution in [1.29, 1.82) is 0 Å². The van der Waals surface area contributed by atoms with E-state index in [0.717, 1.165) is 27.6 Å². The predicted molar refractivity (Wildman–Crippen MR) is 330 cm³/mol. The molecular formula is C67H55Cl2Cu2N3P2+. The smallest absolute Gasteiger partial charge is 0.358 e. The van der Waals surface area contributed by atoms with Crippen LogP contribution in [0.3, 0.4) is 0 Å². The molecule has 13 rings (SSSR count). The Balaban J connectivity index is 0.000000182. The zero-order valence-electron chi connectivity index (χ0n) is 42.0. The number of nitrogens with zero attached hydrogens (tertiary/aromatic N) is 3. The maximum atomic E-state index is 5.20. The number of alkyl halides is 2. The van der Waals surface area contributed by atoms with E-state index in [1.165, 1.54) is 75.2 Å². The fourth-order valence-electron chi connectivity index (χ4n) is 9.32. The molecule has 0 aliphatic carbocycles. The molecule has 0 unspecified atom stereocenters. The molecule has 0 saturated carbocycles. The molecule has 0 saturated heterocycles. The van der Waals surface area contributed by atoms with Crippen LogP contribution in [0.4, 0.5) is 0 Å². The zero-order valence-corrected chi connectivity index (χ0v) is 47.3. The van der Waals surface area contributed by atoms with Crippen molar-refractivity contribution in [2.45, 2.75) is 0 Å². The van der Waals surface area contributed by atoms with Crippen LogP contribution < -0.4 is 32.1 Å². The number of hydrogen-bond donors (Lipinski definition) is 0. The molecule has 0 spiro atoms. The monoisotopic (exact) mass is 1160 g/mol. The molecule has 0 bridgehead atoms. The van der Waals surface area contributed by atoms with E-state index in [1.807, 2.05) is 30.3 Å². The number of para-hydroxylation sites is 3. The summed E-state index contributed by atoms with van der Waals surface area (Å²) in [6.07, 6.45) is 0. The number of hydrogen-bond acceptors (Lipinski definition) is 3. The number of pyridine rings is 3. The second kappa shape index (κ2) is 28.6. The first-order chi connectivity index (χ1) is 35.6. The molecule has 0 amide bonds. The van der Waals surface area contributed by atoms with Gasteiger partial charge in [0, 0.05) is 29.5 Å². The van der Waals surface area contributed by atoms with Gasteiger partial charge in [-0.3, -0.25) is 4.98 Å². The van der Waals surface area contributed by atoms with Crippen LogP contribution in [-0.4, -0.2) is 20.3 Å². The standard InChI is InChI=1S/2C25H18NP.C14H10N.CH2Cl2.2CH3.2Cu/c2*1-3-11-19(12-4-1)27(20-13-5-2-6-14-20)25-23-17-8-7-15-21(23)22-16-9-10-18-24(22)26-25;1-10-11-6-2-3-7-12(11)13-8-4-5-9-14(13)15-10;2-1-3;;;;/h2*1-18H;2-9H,1H2;1H2;2*1H3;;/q;;-1;;2*-1;+1;+2/p+1. The van der Waals surface area contributed by atoms with Crippen molar-refractivity contribution in [3.63, 3.8) is 0 Å². The van der Waals surface area contributed by atoms with Crippen LogP contribution in [0.2, 0.25) is 0 Å². The Labute approximate surface area is 481 Å². The molecule has 0 fully saturated rings. The van der Waals surface area contributed by atoms with Gasteiger partial charge in [0.05, 0.1) is 27.3 Å². The largest absolute Gasteiger partial charge is 2.00 e. The van der Waals surface area contributed by atoms with Crippen LogP contribution in [0, 0.1) is 21.8 Å². The van der Waals surface area contributed by atoms with Gasteiger partial charge in [-0.2, -0.15) is 0 Å². The van der Waals surface area contributed by atoms with Crippen LogP contribution in [0.1, 0.15) is 5.69 Å². The van der Waals surface area contributed by atoms with E-state index >= 15 is 0 Å². The average Bonchev–Trinajstić information content (AvgIpc) is 3.46. The summed E-state index contributed by atoms with van der Waals surface area (Å²) in [6.45, 7) is 3.99. The van der Waals surface area contributed by atoms with Gasteiger partial charge < -0.3 is 14.9 Å². The van der Waals surface area contributed by atoms with Crippen molar-refractivity contribution in [1.82, 2.24) is 15.0 Å². The molecule has 10 aromatic carbocycles. The molecule has 3 aromatic heterocycles. The molecule has 0 atom stereocenters. The van der Waals surface area contributed by atoms with Crippen LogP contribution >= 0.6 is 39.0 Å². The van der Waals surface area contributed by atoms with Crippen molar-refractivity contribution in [2.24, 2.45) is 0 Å². The summed E-state index contributed by atoms with van der Waals surface area (Å²) in [5.41, 5.74) is 6.39. The van der Waals surface area contributed by atoms with Gasteiger partial charge in [0.25, 0.3) is 0 Å². The summed E-state index contributed by atoms with van der Waals surface area (Å²) in [5, 5.41) is 16.6. The Kier molecular flexibility index (Phi) is 22.2. The Bertz CT molecular complexity index is 3640. The van der Waals surface area contributed by atoms with Gasteiger partial charge in [-0.15, -0.1) is 34.7 Å². The van der Waals surface area contributed by atoms with E-state index in [-0.39, 0.29) is 54.3 Å². The first-order valence-corrected chi connectivity index (χ1v) is 27.7. The van der Waals surface area contributed by atoms with E-state index < -0.39 is 15.8 Å². The maximum Gasteiger partial charge on any atom is 2.00 e. The van der Waals surface area contributed by atoms with E-state index in [2.05, 4.69) is 248 Å². The maximum absolute atomic E-state index is 5.20. The van der Waals surface area contributed by atoms with Crippen molar-refractivity contribution in [2.75, 3.05) is 5.34 Å². The Morgan fingerprint density at radius 1 is 0.342 bits per heavy atom. The first kappa shape index (κ1) is 58.8. The SMILES string of the molecule is ClCCl.[CH2-]c1nc2ccccc2c2ccccc12.[CH3-].[CH3-].[Cu+2].[Cu+].c1ccc(P(c2ccccc2)c2nc3ccccc3c3ccccc23)cc1.c1ccc([PH+](c2ccccc2)c2nc3ccccc3c3ccccc23)cc1. The molecule has 383 valence electrons. The fourth-order valence-corrected chi connectivity index (χ4v) is 14.3. The van der Waals surface area contributed by atoms with Crippen LogP contribution in [0.5, 0.6) is 0 Å². The number of fused-ring (bicyclic) bond motifs is 9. The summed E-state index contributed by atoms with van der Waals surface area (Å²) in [4.78, 5) is 14.9. The number of aromatic nitrogens is 3. The Hall–Kier alpha value is -6.44. The summed E-state index contributed by atoms with van der Waals surface area (Å²) >= 11 is 9.53. The van der Waals surface area contributed by atoms with E-state index in [9.17, 15) is 0 Å². The topological polar surface area (TPSA) is 38.7 Å². The molecule has 3 heterocycles. The average molecular weight is 1160 g/mol. The molecular weight excluding hydrogens is 1110 g/mol. The van der Waals surface area contributed by atoms with Crippen LogP contribution in [0.25, 0.3) is 65.0 Å². The van der Waals surface area contributed by atoms with Crippen molar-refractivity contribution in [3.05, 3.63) is 294 Å².